The van der Waals surface area contributed by atoms with Gasteiger partial charge in [0.05, 0.1) is 24.1 Å². The highest BCUT2D eigenvalue weighted by molar-refractivity contribution is 6.10. The van der Waals surface area contributed by atoms with Crippen LogP contribution in [-0.4, -0.2) is 34.2 Å². The number of benzene rings is 2. The number of fused-ring (bicyclic) bond motifs is 2. The topological polar surface area (TPSA) is 89.3 Å². The van der Waals surface area contributed by atoms with E-state index in [9.17, 15) is 14.4 Å². The van der Waals surface area contributed by atoms with E-state index >= 15 is 0 Å². The molecule has 1 N–H and O–H groups in total. The average molecular weight is 430 g/mol. The average Bonchev–Trinajstić information content (AvgIpc) is 3.32. The van der Waals surface area contributed by atoms with Gasteiger partial charge in [-0.2, -0.15) is 0 Å². The zero-order valence-corrected chi connectivity index (χ0v) is 18.2. The highest BCUT2D eigenvalue weighted by atomic mass is 16.5. The fourth-order valence-corrected chi connectivity index (χ4v) is 4.66. The maximum absolute atomic E-state index is 13.5. The minimum absolute atomic E-state index is 0.140. The predicted octanol–water partition coefficient (Wildman–Crippen LogP) is 2.35. The minimum atomic E-state index is -0.699. The van der Waals surface area contributed by atoms with Crippen LogP contribution in [0, 0.1) is 0 Å². The monoisotopic (exact) mass is 430 g/mol. The van der Waals surface area contributed by atoms with Gasteiger partial charge in [0, 0.05) is 38.0 Å². The highest BCUT2D eigenvalue weighted by Gasteiger charge is 2.40. The van der Waals surface area contributed by atoms with Gasteiger partial charge in [-0.15, -0.1) is 0 Å². The number of aryl methyl sites for hydroxylation is 1. The van der Waals surface area contributed by atoms with Crippen molar-refractivity contribution < 1.29 is 9.53 Å². The van der Waals surface area contributed by atoms with E-state index in [1.807, 2.05) is 48.5 Å². The second-order valence-electron chi connectivity index (χ2n) is 7.93. The molecule has 0 bridgehead atoms. The number of nitrogens with zero attached hydrogens (tertiary/aromatic N) is 3. The van der Waals surface area contributed by atoms with Gasteiger partial charge in [-0.05, 0) is 23.8 Å². The smallest absolute Gasteiger partial charge is 0.332 e. The normalized spacial score (nSPS) is 15.4. The van der Waals surface area contributed by atoms with Crippen molar-refractivity contribution in [1.82, 2.24) is 14.1 Å². The molecule has 8 nitrogen and oxygen atoms in total. The molecule has 1 aliphatic heterocycles. The number of amides is 1. The predicted molar refractivity (Wildman–Crippen MR) is 122 cm³/mol. The van der Waals surface area contributed by atoms with Gasteiger partial charge in [-0.3, -0.25) is 18.7 Å². The van der Waals surface area contributed by atoms with Crippen LogP contribution in [0.3, 0.4) is 0 Å². The Bertz CT molecular complexity index is 1530. The van der Waals surface area contributed by atoms with Crippen LogP contribution in [-0.2, 0) is 18.9 Å². The van der Waals surface area contributed by atoms with Gasteiger partial charge in [0.25, 0.3) is 5.56 Å². The summed E-state index contributed by atoms with van der Waals surface area (Å²) in [6.07, 6.45) is 0. The fourth-order valence-electron chi connectivity index (χ4n) is 4.66. The van der Waals surface area contributed by atoms with Crippen molar-refractivity contribution >= 4 is 22.6 Å². The number of ether oxygens (including phenoxy) is 1. The van der Waals surface area contributed by atoms with E-state index in [1.165, 1.54) is 11.6 Å². The molecular formula is C24H22N4O4. The third-order valence-electron chi connectivity index (χ3n) is 6.30. The SMILES string of the molecule is COc1ccccc1-c1[nH]c2c(c1[C@@H]1C(=O)N(C)c3ccccc31)c(=O)n(C)c(=O)n2C. The summed E-state index contributed by atoms with van der Waals surface area (Å²) in [5.74, 6) is -0.247. The third kappa shape index (κ3) is 2.52. The largest absolute Gasteiger partial charge is 0.496 e. The first-order valence-corrected chi connectivity index (χ1v) is 10.2. The molecule has 0 fully saturated rings. The quantitative estimate of drug-likeness (QED) is 0.540. The number of likely N-dealkylation sites (N-methyl/N-ethyl adjacent to an activating group) is 1. The lowest BCUT2D eigenvalue weighted by Gasteiger charge is -2.15. The number of carbonyl (C=O) groups is 1. The third-order valence-corrected chi connectivity index (χ3v) is 6.30. The number of H-pyrrole nitrogens is 1. The lowest BCUT2D eigenvalue weighted by molar-refractivity contribution is -0.118. The molecule has 1 atom stereocenters. The highest BCUT2D eigenvalue weighted by Crippen LogP contribution is 2.46. The fraction of sp³-hybridized carbons (Fsp3) is 0.208. The summed E-state index contributed by atoms with van der Waals surface area (Å²) in [6.45, 7) is 0. The lowest BCUT2D eigenvalue weighted by Crippen LogP contribution is -2.37. The molecule has 3 heterocycles. The molecule has 32 heavy (non-hydrogen) atoms. The van der Waals surface area contributed by atoms with E-state index in [0.717, 1.165) is 15.8 Å². The summed E-state index contributed by atoms with van der Waals surface area (Å²) in [4.78, 5) is 44.4. The van der Waals surface area contributed by atoms with Crippen LogP contribution >= 0.6 is 0 Å². The molecule has 0 spiro atoms. The van der Waals surface area contributed by atoms with Crippen LogP contribution in [0.1, 0.15) is 17.0 Å². The summed E-state index contributed by atoms with van der Waals surface area (Å²) >= 11 is 0. The lowest BCUT2D eigenvalue weighted by atomic mass is 9.89. The Morgan fingerprint density at radius 2 is 1.59 bits per heavy atom. The van der Waals surface area contributed by atoms with Crippen molar-refractivity contribution in [2.24, 2.45) is 14.1 Å². The Morgan fingerprint density at radius 3 is 2.34 bits per heavy atom. The molecule has 4 aromatic rings. The van der Waals surface area contributed by atoms with E-state index in [1.54, 1.807) is 26.1 Å². The van der Waals surface area contributed by atoms with Crippen molar-refractivity contribution in [2.45, 2.75) is 5.92 Å². The molecule has 5 rings (SSSR count). The van der Waals surface area contributed by atoms with E-state index in [4.69, 9.17) is 4.74 Å². The minimum Gasteiger partial charge on any atom is -0.496 e. The van der Waals surface area contributed by atoms with Crippen molar-refractivity contribution in [3.05, 3.63) is 80.5 Å². The maximum atomic E-state index is 13.5. The molecule has 0 saturated heterocycles. The van der Waals surface area contributed by atoms with E-state index in [0.29, 0.717) is 33.6 Å². The molecule has 2 aromatic carbocycles. The molecule has 8 heteroatoms. The molecule has 162 valence electrons. The number of hydrogen-bond acceptors (Lipinski definition) is 4. The van der Waals surface area contributed by atoms with Crippen molar-refractivity contribution in [1.29, 1.82) is 0 Å². The van der Waals surface area contributed by atoms with Crippen LogP contribution in [0.2, 0.25) is 0 Å². The molecule has 0 radical (unpaired) electrons. The molecule has 1 aliphatic rings. The van der Waals surface area contributed by atoms with Crippen molar-refractivity contribution in [3.8, 4) is 17.0 Å². The summed E-state index contributed by atoms with van der Waals surface area (Å²) < 4.78 is 8.04. The number of hydrogen-bond donors (Lipinski definition) is 1. The molecule has 1 amide bonds. The van der Waals surface area contributed by atoms with Crippen LogP contribution in [0.25, 0.3) is 22.3 Å². The molecule has 0 aliphatic carbocycles. The van der Waals surface area contributed by atoms with Crippen LogP contribution in [0.4, 0.5) is 5.69 Å². The Hall–Kier alpha value is -4.07. The zero-order chi connectivity index (χ0) is 22.7. The maximum Gasteiger partial charge on any atom is 0.332 e. The number of rotatable bonds is 3. The zero-order valence-electron chi connectivity index (χ0n) is 18.2. The van der Waals surface area contributed by atoms with Gasteiger partial charge in [0.15, 0.2) is 0 Å². The van der Waals surface area contributed by atoms with E-state index in [-0.39, 0.29) is 5.91 Å². The number of methoxy groups -OCH3 is 1. The summed E-state index contributed by atoms with van der Waals surface area (Å²) in [7, 11) is 6.35. The molecule has 0 unspecified atom stereocenters. The Labute approximate surface area is 183 Å². The van der Waals surface area contributed by atoms with Gasteiger partial charge < -0.3 is 14.6 Å². The first kappa shape index (κ1) is 19.9. The second-order valence-corrected chi connectivity index (χ2v) is 7.93. The number of para-hydroxylation sites is 2. The molecule has 0 saturated carbocycles. The van der Waals surface area contributed by atoms with E-state index < -0.39 is 17.2 Å². The van der Waals surface area contributed by atoms with Crippen molar-refractivity contribution in [3.63, 3.8) is 0 Å². The van der Waals surface area contributed by atoms with Crippen LogP contribution in [0.5, 0.6) is 5.75 Å². The van der Waals surface area contributed by atoms with Crippen molar-refractivity contribution in [2.75, 3.05) is 19.1 Å². The molecule has 2 aromatic heterocycles. The van der Waals surface area contributed by atoms with Crippen LogP contribution < -0.4 is 20.9 Å². The summed E-state index contributed by atoms with van der Waals surface area (Å²) in [6, 6.07) is 14.9. The first-order valence-electron chi connectivity index (χ1n) is 10.2. The standard InChI is InChI=1S/C24H22N4O4/c1-26-15-11-7-5-9-13(15)17(22(26)29)18-19-21(27(2)24(31)28(3)23(19)30)25-20(18)14-10-6-8-12-16(14)32-4/h5-12,17,25H,1-4H3/t17-/m1/s1. The van der Waals surface area contributed by atoms with Gasteiger partial charge in [-0.25, -0.2) is 4.79 Å². The Morgan fingerprint density at radius 1 is 0.906 bits per heavy atom. The van der Waals surface area contributed by atoms with Gasteiger partial charge in [0.2, 0.25) is 5.91 Å². The van der Waals surface area contributed by atoms with Crippen LogP contribution in [0.15, 0.2) is 58.1 Å². The Balaban J connectivity index is 1.97. The van der Waals surface area contributed by atoms with Gasteiger partial charge in [0.1, 0.15) is 11.4 Å². The number of anilines is 1. The summed E-state index contributed by atoms with van der Waals surface area (Å²) in [5, 5.41) is 0.318. The second kappa shape index (κ2) is 6.98. The number of aromatic amines is 1. The van der Waals surface area contributed by atoms with Gasteiger partial charge in [-0.1, -0.05) is 30.3 Å². The molecular weight excluding hydrogens is 408 g/mol. The number of aromatic nitrogens is 3. The summed E-state index contributed by atoms with van der Waals surface area (Å²) in [5.41, 5.74) is 2.91. The van der Waals surface area contributed by atoms with E-state index in [2.05, 4.69) is 4.98 Å². The Kier molecular flexibility index (Phi) is 4.33. The number of nitrogens with one attached hydrogen (secondary N) is 1. The first-order chi connectivity index (χ1) is 15.4. The number of carbonyl (C=O) groups excluding carboxylic acids is 1. The van der Waals surface area contributed by atoms with Gasteiger partial charge >= 0.3 is 5.69 Å².